The van der Waals surface area contributed by atoms with E-state index in [0.717, 1.165) is 0 Å². The van der Waals surface area contributed by atoms with E-state index in [-0.39, 0.29) is 12.5 Å². The Morgan fingerprint density at radius 1 is 1.53 bits per heavy atom. The molecule has 0 aromatic heterocycles. The minimum Gasteiger partial charge on any atom is -0.480 e. The van der Waals surface area contributed by atoms with Crippen LogP contribution in [0.25, 0.3) is 0 Å². The Hall–Kier alpha value is -2.06. The molecule has 0 saturated heterocycles. The minimum absolute atomic E-state index is 0.197. The zero-order valence-electron chi connectivity index (χ0n) is 11.1. The number of benzene rings is 1. The van der Waals surface area contributed by atoms with Crippen LogP contribution in [-0.4, -0.2) is 29.8 Å². The smallest absolute Gasteiger partial charge is 0.260 e. The number of carbonyl (C=O) groups excluding carboxylic acids is 1. The first-order valence-electron chi connectivity index (χ1n) is 6.20. The molecule has 2 N–H and O–H groups in total. The van der Waals surface area contributed by atoms with E-state index in [4.69, 9.17) is 10.00 Å². The molecule has 0 aliphatic carbocycles. The Balaban J connectivity index is 2.57. The highest BCUT2D eigenvalue weighted by atomic mass is 16.5. The Morgan fingerprint density at radius 3 is 2.84 bits per heavy atom. The summed E-state index contributed by atoms with van der Waals surface area (Å²) < 4.78 is 5.45. The number of aliphatic hydroxyl groups excluding tert-OH is 1. The minimum atomic E-state index is -0.724. The normalized spacial score (nSPS) is 13.2. The zero-order valence-corrected chi connectivity index (χ0v) is 11.1. The topological polar surface area (TPSA) is 82.3 Å². The van der Waals surface area contributed by atoms with Crippen LogP contribution in [0.1, 0.15) is 25.8 Å². The van der Waals surface area contributed by atoms with Gasteiger partial charge in [0.15, 0.2) is 6.10 Å². The van der Waals surface area contributed by atoms with E-state index < -0.39 is 12.2 Å². The highest BCUT2D eigenvalue weighted by Crippen LogP contribution is 2.18. The van der Waals surface area contributed by atoms with Crippen molar-refractivity contribution in [3.05, 3.63) is 29.8 Å². The van der Waals surface area contributed by atoms with Crippen LogP contribution in [0.3, 0.4) is 0 Å². The molecule has 0 aliphatic rings. The summed E-state index contributed by atoms with van der Waals surface area (Å²) in [6, 6.07) is 8.74. The first kappa shape index (κ1) is 15.0. The molecule has 1 aromatic carbocycles. The average Bonchev–Trinajstić information content (AvgIpc) is 2.44. The molecule has 2 unspecified atom stereocenters. The first-order valence-corrected chi connectivity index (χ1v) is 6.20. The Labute approximate surface area is 112 Å². The standard InChI is InChI=1S/C14H18N2O3/c1-3-12(17)9-16-14(18)10(2)19-13-7-5-4-6-11(13)8-15/h4-7,10,12,17H,3,9H2,1-2H3,(H,16,18). The molecule has 0 fully saturated rings. The van der Waals surface area contributed by atoms with Crippen LogP contribution >= 0.6 is 0 Å². The van der Waals surface area contributed by atoms with Crippen LogP contribution in [0.4, 0.5) is 0 Å². The van der Waals surface area contributed by atoms with Gasteiger partial charge in [-0.05, 0) is 25.5 Å². The number of nitriles is 1. The van der Waals surface area contributed by atoms with Crippen molar-refractivity contribution in [2.45, 2.75) is 32.5 Å². The van der Waals surface area contributed by atoms with E-state index in [1.54, 1.807) is 31.2 Å². The second-order valence-electron chi connectivity index (χ2n) is 4.18. The van der Waals surface area contributed by atoms with Gasteiger partial charge >= 0.3 is 0 Å². The van der Waals surface area contributed by atoms with Crippen molar-refractivity contribution in [2.24, 2.45) is 0 Å². The molecule has 0 saturated carbocycles. The summed E-state index contributed by atoms with van der Waals surface area (Å²) in [5, 5.41) is 20.9. The van der Waals surface area contributed by atoms with Crippen LogP contribution in [0, 0.1) is 11.3 Å². The second-order valence-corrected chi connectivity index (χ2v) is 4.18. The predicted octanol–water partition coefficient (Wildman–Crippen LogP) is 1.21. The van der Waals surface area contributed by atoms with Gasteiger partial charge in [-0.1, -0.05) is 19.1 Å². The monoisotopic (exact) mass is 262 g/mol. The summed E-state index contributed by atoms with van der Waals surface area (Å²) in [5.74, 6) is 0.0592. The Bertz CT molecular complexity index is 468. The van der Waals surface area contributed by atoms with Crippen molar-refractivity contribution in [1.82, 2.24) is 5.32 Å². The van der Waals surface area contributed by atoms with E-state index in [1.807, 2.05) is 13.0 Å². The number of ether oxygens (including phenoxy) is 1. The molecule has 1 amide bonds. The van der Waals surface area contributed by atoms with Crippen LogP contribution in [0.5, 0.6) is 5.75 Å². The van der Waals surface area contributed by atoms with Gasteiger partial charge in [0.05, 0.1) is 11.7 Å². The number of nitrogens with zero attached hydrogens (tertiary/aromatic N) is 1. The number of rotatable bonds is 6. The largest absolute Gasteiger partial charge is 0.480 e. The van der Waals surface area contributed by atoms with Gasteiger partial charge in [-0.2, -0.15) is 5.26 Å². The summed E-state index contributed by atoms with van der Waals surface area (Å²) in [6.45, 7) is 3.63. The number of amides is 1. The first-order chi connectivity index (χ1) is 9.08. The molecule has 0 heterocycles. The van der Waals surface area contributed by atoms with Crippen molar-refractivity contribution in [1.29, 1.82) is 5.26 Å². The lowest BCUT2D eigenvalue weighted by Gasteiger charge is -2.16. The number of aliphatic hydroxyl groups is 1. The third-order valence-electron chi connectivity index (χ3n) is 2.66. The Morgan fingerprint density at radius 2 is 2.21 bits per heavy atom. The molecule has 5 heteroatoms. The predicted molar refractivity (Wildman–Crippen MR) is 70.6 cm³/mol. The third-order valence-corrected chi connectivity index (χ3v) is 2.66. The maximum absolute atomic E-state index is 11.7. The summed E-state index contributed by atoms with van der Waals surface area (Å²) in [6.07, 6.45) is -0.701. The molecule has 102 valence electrons. The molecule has 1 rings (SSSR count). The molecule has 5 nitrogen and oxygen atoms in total. The molecule has 1 aromatic rings. The van der Waals surface area contributed by atoms with Crippen LogP contribution < -0.4 is 10.1 Å². The average molecular weight is 262 g/mol. The van der Waals surface area contributed by atoms with E-state index in [2.05, 4.69) is 5.32 Å². The molecule has 2 atom stereocenters. The molecule has 19 heavy (non-hydrogen) atoms. The van der Waals surface area contributed by atoms with Gasteiger partial charge in [-0.15, -0.1) is 0 Å². The third kappa shape index (κ3) is 4.60. The SMILES string of the molecule is CCC(O)CNC(=O)C(C)Oc1ccccc1C#N. The van der Waals surface area contributed by atoms with Crippen molar-refractivity contribution in [2.75, 3.05) is 6.54 Å². The Kier molecular flexibility index (Phi) is 5.83. The van der Waals surface area contributed by atoms with E-state index >= 15 is 0 Å². The van der Waals surface area contributed by atoms with Crippen LogP contribution in [-0.2, 0) is 4.79 Å². The van der Waals surface area contributed by atoms with E-state index in [1.165, 1.54) is 0 Å². The summed E-state index contributed by atoms with van der Waals surface area (Å²) in [4.78, 5) is 11.7. The molecule has 0 spiro atoms. The van der Waals surface area contributed by atoms with Gasteiger partial charge in [-0.3, -0.25) is 4.79 Å². The number of carbonyl (C=O) groups is 1. The molecular formula is C14H18N2O3. The fourth-order valence-corrected chi connectivity index (χ4v) is 1.41. The highest BCUT2D eigenvalue weighted by molar-refractivity contribution is 5.80. The number of hydrogen-bond donors (Lipinski definition) is 2. The fraction of sp³-hybridized carbons (Fsp3) is 0.429. The van der Waals surface area contributed by atoms with Crippen molar-refractivity contribution in [3.8, 4) is 11.8 Å². The summed E-state index contributed by atoms with van der Waals surface area (Å²) in [5.41, 5.74) is 0.385. The van der Waals surface area contributed by atoms with Gasteiger partial charge in [0, 0.05) is 6.54 Å². The quantitative estimate of drug-likeness (QED) is 0.807. The van der Waals surface area contributed by atoms with Crippen molar-refractivity contribution < 1.29 is 14.6 Å². The fourth-order valence-electron chi connectivity index (χ4n) is 1.41. The lowest BCUT2D eigenvalue weighted by Crippen LogP contribution is -2.40. The highest BCUT2D eigenvalue weighted by Gasteiger charge is 2.16. The molecule has 0 radical (unpaired) electrons. The summed E-state index contributed by atoms with van der Waals surface area (Å²) in [7, 11) is 0. The second kappa shape index (κ2) is 7.39. The number of hydrogen-bond acceptors (Lipinski definition) is 4. The van der Waals surface area contributed by atoms with Crippen LogP contribution in [0.2, 0.25) is 0 Å². The van der Waals surface area contributed by atoms with Crippen LogP contribution in [0.15, 0.2) is 24.3 Å². The lowest BCUT2D eigenvalue weighted by atomic mass is 10.2. The maximum atomic E-state index is 11.7. The summed E-state index contributed by atoms with van der Waals surface area (Å²) >= 11 is 0. The van der Waals surface area contributed by atoms with E-state index in [0.29, 0.717) is 17.7 Å². The molecular weight excluding hydrogens is 244 g/mol. The van der Waals surface area contributed by atoms with E-state index in [9.17, 15) is 9.90 Å². The van der Waals surface area contributed by atoms with Gasteiger partial charge < -0.3 is 15.2 Å². The van der Waals surface area contributed by atoms with Gasteiger partial charge in [0.25, 0.3) is 5.91 Å². The van der Waals surface area contributed by atoms with Gasteiger partial charge in [0.2, 0.25) is 0 Å². The zero-order chi connectivity index (χ0) is 14.3. The molecule has 0 aliphatic heterocycles. The van der Waals surface area contributed by atoms with Crippen molar-refractivity contribution in [3.63, 3.8) is 0 Å². The van der Waals surface area contributed by atoms with Crippen molar-refractivity contribution >= 4 is 5.91 Å². The maximum Gasteiger partial charge on any atom is 0.260 e. The lowest BCUT2D eigenvalue weighted by molar-refractivity contribution is -0.127. The van der Waals surface area contributed by atoms with Gasteiger partial charge in [0.1, 0.15) is 11.8 Å². The number of para-hydroxylation sites is 1. The number of nitrogens with one attached hydrogen (secondary N) is 1. The van der Waals surface area contributed by atoms with Gasteiger partial charge in [-0.25, -0.2) is 0 Å². The molecule has 0 bridgehead atoms.